The largest absolute Gasteiger partial charge is 0.407 e. The lowest BCUT2D eigenvalue weighted by molar-refractivity contribution is -0.177. The lowest BCUT2D eigenvalue weighted by atomic mass is 9.50. The Balaban J connectivity index is 0.00000352. The molecule has 7 N–H and O–H groups in total. The van der Waals surface area contributed by atoms with Crippen LogP contribution in [0, 0.1) is 11.7 Å². The van der Waals surface area contributed by atoms with E-state index in [0.717, 1.165) is 24.0 Å². The maximum absolute atomic E-state index is 13.5. The summed E-state index contributed by atoms with van der Waals surface area (Å²) in [6.07, 6.45) is 0. The molecule has 0 spiro atoms. The van der Waals surface area contributed by atoms with Gasteiger partial charge in [0.05, 0.1) is 12.1 Å². The minimum atomic E-state index is -3.26. The van der Waals surface area contributed by atoms with Crippen LogP contribution in [0.4, 0.5) is 4.39 Å². The van der Waals surface area contributed by atoms with Gasteiger partial charge in [-0.2, -0.15) is 0 Å². The highest BCUT2D eigenvalue weighted by Crippen LogP contribution is 2.32. The Bertz CT molecular complexity index is 956. The molecule has 38 heavy (non-hydrogen) atoms. The van der Waals surface area contributed by atoms with Gasteiger partial charge in [0.2, 0.25) is 5.91 Å². The molecule has 10 nitrogen and oxygen atoms in total. The van der Waals surface area contributed by atoms with Crippen LogP contribution in [-0.4, -0.2) is 135 Å². The fourth-order valence-corrected chi connectivity index (χ4v) is 4.10. The molecule has 0 saturated carbocycles. The first-order valence-electron chi connectivity index (χ1n) is 11.4. The second kappa shape index (κ2) is 12.3. The Morgan fingerprint density at radius 2 is 1.61 bits per heavy atom. The van der Waals surface area contributed by atoms with Gasteiger partial charge in [-0.25, -0.2) is 4.39 Å². The molecule has 0 bridgehead atoms. The van der Waals surface area contributed by atoms with Crippen LogP contribution in [0.15, 0.2) is 18.2 Å². The molecule has 1 aliphatic rings. The van der Waals surface area contributed by atoms with Crippen molar-refractivity contribution >= 4 is 62.6 Å². The molecule has 1 aromatic carbocycles. The van der Waals surface area contributed by atoms with E-state index in [9.17, 15) is 39.5 Å². The first-order valence-corrected chi connectivity index (χ1v) is 11.8. The second-order valence-electron chi connectivity index (χ2n) is 9.27. The molecule has 1 fully saturated rings. The zero-order valence-electron chi connectivity index (χ0n) is 21.3. The SMILES string of the molecule is CC.[B]C1(O)CN(CC(=O)NC(C)(C([B])([B])O)C([B])(O)O)CC([B])(O)C1CNC(=O)c1cc(F)cc(Cl)c1. The number of nitrogens with one attached hydrogen (secondary N) is 2. The van der Waals surface area contributed by atoms with Crippen LogP contribution >= 0.6 is 11.6 Å². The lowest BCUT2D eigenvalue weighted by Crippen LogP contribution is -2.76. The number of piperidine rings is 1. The average Bonchev–Trinajstić information content (AvgIpc) is 2.70. The number of hydrogen-bond acceptors (Lipinski definition) is 8. The molecule has 1 heterocycles. The van der Waals surface area contributed by atoms with Crippen LogP contribution in [0.3, 0.4) is 0 Å². The van der Waals surface area contributed by atoms with E-state index in [4.69, 9.17) is 50.8 Å². The predicted octanol–water partition coefficient (Wildman–Crippen LogP) is -3.45. The summed E-state index contributed by atoms with van der Waals surface area (Å²) < 4.78 is 13.5. The molecule has 1 saturated heterocycles. The van der Waals surface area contributed by atoms with Crippen molar-refractivity contribution in [2.45, 2.75) is 48.4 Å². The summed E-state index contributed by atoms with van der Waals surface area (Å²) in [5, 5.41) is 52.4. The van der Waals surface area contributed by atoms with Gasteiger partial charge >= 0.3 is 0 Å². The van der Waals surface area contributed by atoms with Crippen molar-refractivity contribution in [3.63, 3.8) is 0 Å². The summed E-state index contributed by atoms with van der Waals surface area (Å²) >= 11 is 5.74. The smallest absolute Gasteiger partial charge is 0.251 e. The van der Waals surface area contributed by atoms with E-state index < -0.39 is 77.4 Å². The van der Waals surface area contributed by atoms with Gasteiger partial charge in [-0.3, -0.25) is 14.5 Å². The fraction of sp³-hybridized carbons (Fsp3) is 0.619. The number of benzene rings is 1. The van der Waals surface area contributed by atoms with Gasteiger partial charge in [0, 0.05) is 52.5 Å². The zero-order chi connectivity index (χ0) is 29.9. The Morgan fingerprint density at radius 1 is 1.11 bits per heavy atom. The first-order chi connectivity index (χ1) is 17.1. The molecule has 2 rings (SSSR count). The van der Waals surface area contributed by atoms with Gasteiger partial charge in [0.25, 0.3) is 5.91 Å². The van der Waals surface area contributed by atoms with E-state index in [-0.39, 0.29) is 10.6 Å². The van der Waals surface area contributed by atoms with Crippen LogP contribution in [0.5, 0.6) is 0 Å². The maximum atomic E-state index is 13.5. The Morgan fingerprint density at radius 3 is 2.03 bits per heavy atom. The number of halogens is 2. The van der Waals surface area contributed by atoms with E-state index >= 15 is 0 Å². The molecule has 0 aliphatic carbocycles. The molecule has 1 aliphatic heterocycles. The molecule has 1 aromatic rings. The first kappa shape index (κ1) is 34.5. The lowest BCUT2D eigenvalue weighted by Gasteiger charge is -2.52. The van der Waals surface area contributed by atoms with Crippen LogP contribution in [-0.2, 0) is 4.79 Å². The van der Waals surface area contributed by atoms with E-state index in [1.54, 1.807) is 0 Å². The standard InChI is InChI=1S/C19H22B5ClFN3O7.C2H6/c1-15(18(22,23)34,19(24,35)36)28-13(30)6-29-7-16(20,32)12(17(21,33)8-29)5-27-14(31)9-2-10(25)4-11(26)3-9;1-2/h2-4,12,32-36H,5-8H2,1H3,(H,27,31)(H,28,30);1-2H3. The number of nitrogens with zero attached hydrogens (tertiary/aromatic N) is 1. The molecule has 17 heteroatoms. The van der Waals surface area contributed by atoms with Gasteiger partial charge in [0.15, 0.2) is 7.85 Å². The highest BCUT2D eigenvalue weighted by Gasteiger charge is 2.53. The van der Waals surface area contributed by atoms with Crippen molar-refractivity contribution in [3.8, 4) is 0 Å². The molecule has 3 unspecified atom stereocenters. The molecule has 3 atom stereocenters. The third-order valence-corrected chi connectivity index (χ3v) is 6.26. The molecule has 2 amide bonds. The van der Waals surface area contributed by atoms with Gasteiger partial charge in [-0.15, -0.1) is 0 Å². The Kier molecular flexibility index (Phi) is 11.2. The number of aliphatic hydroxyl groups is 5. The van der Waals surface area contributed by atoms with E-state index in [1.165, 1.54) is 6.07 Å². The quantitative estimate of drug-likeness (QED) is 0.132. The number of carbonyl (C=O) groups excluding carboxylic acids is 2. The summed E-state index contributed by atoms with van der Waals surface area (Å²) in [5.41, 5.74) is -10.5. The molecule has 10 radical (unpaired) electrons. The van der Waals surface area contributed by atoms with Crippen molar-refractivity contribution in [2.75, 3.05) is 26.2 Å². The van der Waals surface area contributed by atoms with Crippen LogP contribution in [0.1, 0.15) is 31.1 Å². The topological polar surface area (TPSA) is 163 Å². The fourth-order valence-electron chi connectivity index (χ4n) is 3.88. The molecule has 0 aromatic heterocycles. The predicted molar refractivity (Wildman–Crippen MR) is 142 cm³/mol. The summed E-state index contributed by atoms with van der Waals surface area (Å²) in [7, 11) is 27.7. The molecular formula is C21H28B5ClFN3O7. The Labute approximate surface area is 232 Å². The highest BCUT2D eigenvalue weighted by atomic mass is 35.5. The van der Waals surface area contributed by atoms with E-state index in [2.05, 4.69) is 5.32 Å². The minimum Gasteiger partial charge on any atom is -0.407 e. The molecule has 198 valence electrons. The molecular weight excluding hydrogens is 515 g/mol. The number of carbonyl (C=O) groups is 2. The summed E-state index contributed by atoms with van der Waals surface area (Å²) in [4.78, 5) is 26.0. The third kappa shape index (κ3) is 8.23. The monoisotopic (exact) mass is 543 g/mol. The number of amides is 2. The highest BCUT2D eigenvalue weighted by molar-refractivity contribution is 6.40. The summed E-state index contributed by atoms with van der Waals surface area (Å²) in [6.45, 7) is 2.87. The van der Waals surface area contributed by atoms with Gasteiger partial charge in [-0.1, -0.05) is 25.4 Å². The number of rotatable bonds is 8. The van der Waals surface area contributed by atoms with E-state index in [0.29, 0.717) is 0 Å². The van der Waals surface area contributed by atoms with Crippen molar-refractivity contribution in [2.24, 2.45) is 5.92 Å². The van der Waals surface area contributed by atoms with Crippen LogP contribution in [0.2, 0.25) is 5.02 Å². The van der Waals surface area contributed by atoms with Crippen molar-refractivity contribution in [1.82, 2.24) is 15.5 Å². The van der Waals surface area contributed by atoms with Crippen LogP contribution in [0.25, 0.3) is 0 Å². The minimum absolute atomic E-state index is 0.0227. The van der Waals surface area contributed by atoms with E-state index in [1.807, 2.05) is 19.2 Å². The van der Waals surface area contributed by atoms with Crippen molar-refractivity contribution < 1.29 is 39.5 Å². The third-order valence-electron chi connectivity index (χ3n) is 6.05. The normalized spacial score (nSPS) is 25.9. The number of β-amino-alcohol motifs (C(OH)–C–C–N with tert-alkyl or cyclic N) is 2. The average molecular weight is 543 g/mol. The zero-order valence-corrected chi connectivity index (χ0v) is 22.0. The summed E-state index contributed by atoms with van der Waals surface area (Å²) in [5.74, 6) is -3.91. The number of hydrogen-bond donors (Lipinski definition) is 7. The van der Waals surface area contributed by atoms with Gasteiger partial charge in [-0.05, 0) is 25.1 Å². The maximum Gasteiger partial charge on any atom is 0.251 e. The second-order valence-corrected chi connectivity index (χ2v) is 9.71. The van der Waals surface area contributed by atoms with Crippen molar-refractivity contribution in [3.05, 3.63) is 34.6 Å². The van der Waals surface area contributed by atoms with Crippen molar-refractivity contribution in [1.29, 1.82) is 0 Å². The Hall–Kier alpha value is -1.54. The van der Waals surface area contributed by atoms with Crippen LogP contribution < -0.4 is 10.6 Å². The van der Waals surface area contributed by atoms with Gasteiger partial charge < -0.3 is 36.2 Å². The summed E-state index contributed by atoms with van der Waals surface area (Å²) in [6, 6.07) is 3.13. The number of likely N-dealkylation sites (tertiary alicyclic amines) is 1. The van der Waals surface area contributed by atoms with Gasteiger partial charge in [0.1, 0.15) is 42.9 Å².